The van der Waals surface area contributed by atoms with Gasteiger partial charge in [-0.1, -0.05) is 0 Å². The minimum Gasteiger partial charge on any atom is -0.282 e. The number of nitrogens with one attached hydrogen (secondary N) is 2. The summed E-state index contributed by atoms with van der Waals surface area (Å²) in [5, 5.41) is 14.5. The van der Waals surface area contributed by atoms with E-state index in [9.17, 15) is 0 Å². The Labute approximate surface area is 80.7 Å². The van der Waals surface area contributed by atoms with Crippen LogP contribution in [-0.4, -0.2) is 20.4 Å². The summed E-state index contributed by atoms with van der Waals surface area (Å²) < 4.78 is 0. The molecule has 0 aromatic carbocycles. The Morgan fingerprint density at radius 3 is 1.93 bits per heavy atom. The molecule has 2 aliphatic rings. The van der Waals surface area contributed by atoms with E-state index < -0.39 is 0 Å². The first-order chi connectivity index (χ1) is 6.93. The Kier molecular flexibility index (Phi) is 1.01. The summed E-state index contributed by atoms with van der Waals surface area (Å²) in [6.07, 6.45) is 6.16. The zero-order chi connectivity index (χ0) is 9.12. The number of H-pyrrole nitrogens is 2. The molecule has 0 saturated heterocycles. The van der Waals surface area contributed by atoms with Crippen molar-refractivity contribution in [3.8, 4) is 0 Å². The lowest BCUT2D eigenvalue weighted by Crippen LogP contribution is -2.02. The number of hydrogen-bond acceptors (Lipinski definition) is 2. The zero-order valence-electron chi connectivity index (χ0n) is 7.62. The number of rotatable bonds is 0. The third-order valence-electron chi connectivity index (χ3n) is 3.61. The zero-order valence-corrected chi connectivity index (χ0v) is 7.62. The SMILES string of the molecule is c1n[nH]c2c1CC1c3[nH]ncc3CC21. The predicted molar refractivity (Wildman–Crippen MR) is 50.1 cm³/mol. The van der Waals surface area contributed by atoms with Gasteiger partial charge in [0.15, 0.2) is 0 Å². The van der Waals surface area contributed by atoms with E-state index in [-0.39, 0.29) is 0 Å². The van der Waals surface area contributed by atoms with Gasteiger partial charge in [0.25, 0.3) is 0 Å². The average molecular weight is 186 g/mol. The molecule has 2 aromatic rings. The molecule has 0 spiro atoms. The van der Waals surface area contributed by atoms with Crippen LogP contribution in [0.5, 0.6) is 0 Å². The van der Waals surface area contributed by atoms with E-state index in [1.54, 1.807) is 0 Å². The van der Waals surface area contributed by atoms with Gasteiger partial charge in [0, 0.05) is 23.2 Å². The van der Waals surface area contributed by atoms with Crippen molar-refractivity contribution in [3.05, 3.63) is 34.9 Å². The molecular weight excluding hydrogens is 176 g/mol. The standard InChI is InChI=1S/C10H10N4/c1-5-3-11-13-9(5)8-2-6-4-12-14-10(6)7(1)8/h3-4,7-8H,1-2H2,(H,11,13)(H,12,14). The van der Waals surface area contributed by atoms with E-state index >= 15 is 0 Å². The molecule has 0 radical (unpaired) electrons. The molecule has 70 valence electrons. The Bertz CT molecular complexity index is 449. The fourth-order valence-corrected chi connectivity index (χ4v) is 2.97. The van der Waals surface area contributed by atoms with Crippen molar-refractivity contribution in [2.75, 3.05) is 0 Å². The van der Waals surface area contributed by atoms with E-state index in [0.717, 1.165) is 12.8 Å². The Morgan fingerprint density at radius 2 is 1.43 bits per heavy atom. The number of aromatic amines is 2. The van der Waals surface area contributed by atoms with E-state index in [1.165, 1.54) is 22.5 Å². The number of nitrogens with zero attached hydrogens (tertiary/aromatic N) is 2. The van der Waals surface area contributed by atoms with Gasteiger partial charge in [-0.2, -0.15) is 10.2 Å². The van der Waals surface area contributed by atoms with Crippen LogP contribution in [-0.2, 0) is 12.8 Å². The molecule has 2 N–H and O–H groups in total. The van der Waals surface area contributed by atoms with Crippen molar-refractivity contribution in [1.29, 1.82) is 0 Å². The van der Waals surface area contributed by atoms with Crippen LogP contribution >= 0.6 is 0 Å². The summed E-state index contributed by atoms with van der Waals surface area (Å²) in [6.45, 7) is 0. The van der Waals surface area contributed by atoms with Crippen molar-refractivity contribution in [2.24, 2.45) is 0 Å². The van der Waals surface area contributed by atoms with Crippen molar-refractivity contribution < 1.29 is 0 Å². The number of fused-ring (bicyclic) bond motifs is 5. The lowest BCUT2D eigenvalue weighted by Gasteiger charge is -2.08. The van der Waals surface area contributed by atoms with E-state index in [0.29, 0.717) is 11.8 Å². The van der Waals surface area contributed by atoms with Crippen molar-refractivity contribution in [2.45, 2.75) is 24.7 Å². The second kappa shape index (κ2) is 2.08. The number of aromatic nitrogens is 4. The molecule has 2 unspecified atom stereocenters. The third-order valence-corrected chi connectivity index (χ3v) is 3.61. The molecule has 4 rings (SSSR count). The fraction of sp³-hybridized carbons (Fsp3) is 0.400. The molecule has 0 fully saturated rings. The van der Waals surface area contributed by atoms with Crippen LogP contribution in [0.4, 0.5) is 0 Å². The molecule has 4 heteroatoms. The van der Waals surface area contributed by atoms with E-state index in [2.05, 4.69) is 20.4 Å². The maximum absolute atomic E-state index is 4.10. The van der Waals surface area contributed by atoms with Crippen LogP contribution in [0.25, 0.3) is 0 Å². The normalized spacial score (nSPS) is 27.4. The van der Waals surface area contributed by atoms with Gasteiger partial charge in [-0.25, -0.2) is 0 Å². The van der Waals surface area contributed by atoms with E-state index in [1.807, 2.05) is 12.4 Å². The predicted octanol–water partition coefficient (Wildman–Crippen LogP) is 1.11. The molecular formula is C10H10N4. The van der Waals surface area contributed by atoms with Crippen molar-refractivity contribution in [3.63, 3.8) is 0 Å². The number of hydrogen-bond donors (Lipinski definition) is 2. The smallest absolute Gasteiger partial charge is 0.0522 e. The maximum atomic E-state index is 4.10. The van der Waals surface area contributed by atoms with Crippen LogP contribution in [0.2, 0.25) is 0 Å². The average Bonchev–Trinajstić information content (AvgIpc) is 2.80. The molecule has 2 aliphatic carbocycles. The molecule has 0 bridgehead atoms. The van der Waals surface area contributed by atoms with E-state index in [4.69, 9.17) is 0 Å². The van der Waals surface area contributed by atoms with Crippen LogP contribution in [0.1, 0.15) is 34.4 Å². The van der Waals surface area contributed by atoms with Crippen LogP contribution < -0.4 is 0 Å². The molecule has 0 saturated carbocycles. The molecule has 0 amide bonds. The fourth-order valence-electron chi connectivity index (χ4n) is 2.97. The van der Waals surface area contributed by atoms with Gasteiger partial charge < -0.3 is 0 Å². The quantitative estimate of drug-likeness (QED) is 0.647. The molecule has 0 aliphatic heterocycles. The lowest BCUT2D eigenvalue weighted by molar-refractivity contribution is 0.597. The molecule has 2 atom stereocenters. The second-order valence-electron chi connectivity index (χ2n) is 4.24. The first-order valence-electron chi connectivity index (χ1n) is 4.98. The van der Waals surface area contributed by atoms with Gasteiger partial charge in [-0.3, -0.25) is 10.2 Å². The highest BCUT2D eigenvalue weighted by Gasteiger charge is 2.42. The summed E-state index contributed by atoms with van der Waals surface area (Å²) >= 11 is 0. The van der Waals surface area contributed by atoms with Crippen molar-refractivity contribution >= 4 is 0 Å². The maximum Gasteiger partial charge on any atom is 0.0522 e. The highest BCUT2D eigenvalue weighted by Crippen LogP contribution is 2.49. The topological polar surface area (TPSA) is 57.4 Å². The van der Waals surface area contributed by atoms with Crippen molar-refractivity contribution in [1.82, 2.24) is 20.4 Å². The van der Waals surface area contributed by atoms with Gasteiger partial charge >= 0.3 is 0 Å². The van der Waals surface area contributed by atoms with Gasteiger partial charge in [0.2, 0.25) is 0 Å². The van der Waals surface area contributed by atoms with Crippen LogP contribution in [0.3, 0.4) is 0 Å². The van der Waals surface area contributed by atoms with Gasteiger partial charge in [-0.15, -0.1) is 0 Å². The van der Waals surface area contributed by atoms with Gasteiger partial charge in [-0.05, 0) is 24.0 Å². The summed E-state index contributed by atoms with van der Waals surface area (Å²) in [4.78, 5) is 0. The van der Waals surface area contributed by atoms with Gasteiger partial charge in [0.05, 0.1) is 12.4 Å². The van der Waals surface area contributed by atoms with Gasteiger partial charge in [0.1, 0.15) is 0 Å². The molecule has 4 nitrogen and oxygen atoms in total. The molecule has 2 heterocycles. The Hall–Kier alpha value is -1.58. The highest BCUT2D eigenvalue weighted by atomic mass is 15.1. The monoisotopic (exact) mass is 186 g/mol. The molecule has 2 aromatic heterocycles. The molecule has 14 heavy (non-hydrogen) atoms. The first kappa shape index (κ1) is 6.81. The van der Waals surface area contributed by atoms with Crippen LogP contribution in [0, 0.1) is 0 Å². The third kappa shape index (κ3) is 0.626. The minimum absolute atomic E-state index is 0.622. The van der Waals surface area contributed by atoms with Crippen LogP contribution in [0.15, 0.2) is 12.4 Å². The Balaban J connectivity index is 1.88. The summed E-state index contributed by atoms with van der Waals surface area (Å²) in [6, 6.07) is 0. The first-order valence-corrected chi connectivity index (χ1v) is 4.98. The lowest BCUT2D eigenvalue weighted by atomic mass is 9.98. The largest absolute Gasteiger partial charge is 0.282 e. The Morgan fingerprint density at radius 1 is 0.929 bits per heavy atom. The summed E-state index contributed by atoms with van der Waals surface area (Å²) in [5.41, 5.74) is 5.47. The minimum atomic E-state index is 0.622. The second-order valence-corrected chi connectivity index (χ2v) is 4.24. The summed E-state index contributed by atoms with van der Waals surface area (Å²) in [5.74, 6) is 1.24. The summed E-state index contributed by atoms with van der Waals surface area (Å²) in [7, 11) is 0. The highest BCUT2D eigenvalue weighted by molar-refractivity contribution is 5.43.